The maximum atomic E-state index is 12.6. The van der Waals surface area contributed by atoms with Crippen molar-refractivity contribution in [1.82, 2.24) is 44.9 Å². The number of aromatic amines is 6. The minimum atomic E-state index is -0.426. The van der Waals surface area contributed by atoms with Gasteiger partial charge in [-0.1, -0.05) is 97.1 Å². The molecule has 3 saturated carbocycles. The number of benzene rings is 3. The lowest BCUT2D eigenvalue weighted by Crippen LogP contribution is -2.30. The zero-order chi connectivity index (χ0) is 56.1. The summed E-state index contributed by atoms with van der Waals surface area (Å²) in [6.07, 6.45) is 18.8. The summed E-state index contributed by atoms with van der Waals surface area (Å²) in [4.78, 5) is 102. The van der Waals surface area contributed by atoms with Crippen molar-refractivity contribution >= 4 is 11.3 Å². The molecule has 0 saturated heterocycles. The van der Waals surface area contributed by atoms with E-state index in [0.29, 0.717) is 53.7 Å². The zero-order valence-corrected chi connectivity index (χ0v) is 46.4. The number of nitrogens with zero attached hydrogens (tertiary/aromatic N) is 3. The Morgan fingerprint density at radius 2 is 0.753 bits per heavy atom. The van der Waals surface area contributed by atoms with E-state index in [0.717, 1.165) is 116 Å². The zero-order valence-electron chi connectivity index (χ0n) is 45.6. The van der Waals surface area contributed by atoms with Crippen molar-refractivity contribution in [2.75, 3.05) is 0 Å². The lowest BCUT2D eigenvalue weighted by molar-refractivity contribution is 0.388. The van der Waals surface area contributed by atoms with Gasteiger partial charge in [0.15, 0.2) is 0 Å². The highest BCUT2D eigenvalue weighted by molar-refractivity contribution is 7.09. The van der Waals surface area contributed by atoms with Gasteiger partial charge in [-0.05, 0) is 166 Å². The van der Waals surface area contributed by atoms with Gasteiger partial charge in [0.25, 0.3) is 16.7 Å². The second-order valence-corrected chi connectivity index (χ2v) is 22.9. The number of H-pyrrole nitrogens is 6. The molecule has 0 unspecified atom stereocenters. The van der Waals surface area contributed by atoms with Crippen LogP contribution in [-0.4, -0.2) is 44.9 Å². The van der Waals surface area contributed by atoms with Crippen molar-refractivity contribution in [3.05, 3.63) is 280 Å². The Bertz CT molecular complexity index is 3830. The average molecular weight is 1100 g/mol. The van der Waals surface area contributed by atoms with Gasteiger partial charge in [0, 0.05) is 88.4 Å². The molecule has 9 aromatic rings. The summed E-state index contributed by atoms with van der Waals surface area (Å²) in [6, 6.07) is 41.4. The summed E-state index contributed by atoms with van der Waals surface area (Å²) in [6.45, 7) is 2.01. The van der Waals surface area contributed by atoms with E-state index in [9.17, 15) is 28.8 Å². The first kappa shape index (κ1) is 55.9. The van der Waals surface area contributed by atoms with E-state index in [4.69, 9.17) is 0 Å². The van der Waals surface area contributed by atoms with Crippen LogP contribution in [0.2, 0.25) is 0 Å². The predicted molar refractivity (Wildman–Crippen MR) is 318 cm³/mol. The molecule has 3 aliphatic carbocycles. The fraction of sp³-hybridized carbons (Fsp3) is 0.338. The van der Waals surface area contributed by atoms with E-state index >= 15 is 0 Å². The number of rotatable bonds is 12. The molecule has 3 fully saturated rings. The minimum Gasteiger partial charge on any atom is -0.311 e. The summed E-state index contributed by atoms with van der Waals surface area (Å²) >= 11 is 1.53. The fourth-order valence-corrected chi connectivity index (χ4v) is 13.2. The largest absolute Gasteiger partial charge is 0.325 e. The lowest BCUT2D eigenvalue weighted by Gasteiger charge is -2.29. The maximum absolute atomic E-state index is 12.6. The van der Waals surface area contributed by atoms with Crippen LogP contribution in [0.1, 0.15) is 185 Å². The Morgan fingerprint density at radius 3 is 1.12 bits per heavy atom. The predicted octanol–water partition coefficient (Wildman–Crippen LogP) is 10.8. The average Bonchev–Trinajstić information content (AvgIpc) is 4.10. The number of hydrogen-bond donors (Lipinski definition) is 6. The van der Waals surface area contributed by atoms with Gasteiger partial charge in [-0.25, -0.2) is 19.4 Å². The lowest BCUT2D eigenvalue weighted by atomic mass is 9.76. The van der Waals surface area contributed by atoms with Gasteiger partial charge < -0.3 is 15.0 Å². The van der Waals surface area contributed by atoms with Gasteiger partial charge in [0.1, 0.15) is 0 Å². The van der Waals surface area contributed by atoms with Gasteiger partial charge in [-0.15, -0.1) is 11.3 Å². The van der Waals surface area contributed by atoms with Crippen molar-refractivity contribution in [1.29, 1.82) is 0 Å². The standard InChI is InChI=1S/C23H25N3O2.C22H23N3O2.C20H21N3O2S/c1-15-11-12-24-19(13-15)14-20-21(25-23(28)26-22(20)27)18-9-7-17(8-10-18)16-5-3-2-4-6-16;26-21-19(14-18-8-4-5-13-23-18)20(24-22(27)25-21)17-11-9-16(10-12-17)15-6-2-1-3-7-15;24-19-16(12-17-21-10-11-26-17)18(22-20(25)23-19)15-8-6-14(7-9-15)13-4-2-1-3-5-13/h2-6,11-13,17-18H,7-10,14H2,1H3,(H2,25,26,27,28);1-8,13,16-17H,9-12,14H2,(H2,24,25,26,27);1-5,10-11,14-15H,6-9,12H2,(H2,22,23,24,25). The second-order valence-electron chi connectivity index (χ2n) is 21.9. The van der Waals surface area contributed by atoms with Crippen LogP contribution in [0.15, 0.2) is 174 Å². The molecule has 3 aliphatic rings. The highest BCUT2D eigenvalue weighted by Gasteiger charge is 2.30. The van der Waals surface area contributed by atoms with Gasteiger partial charge in [-0.2, -0.15) is 0 Å². The molecule has 81 heavy (non-hydrogen) atoms. The van der Waals surface area contributed by atoms with Crippen LogP contribution in [0.25, 0.3) is 0 Å². The molecule has 416 valence electrons. The molecule has 3 aromatic carbocycles. The molecule has 0 amide bonds. The molecule has 0 spiro atoms. The molecule has 6 N–H and O–H groups in total. The van der Waals surface area contributed by atoms with E-state index in [1.54, 1.807) is 18.6 Å². The third kappa shape index (κ3) is 14.5. The van der Waals surface area contributed by atoms with E-state index in [1.165, 1.54) is 28.0 Å². The van der Waals surface area contributed by atoms with Crippen molar-refractivity contribution in [2.45, 2.75) is 139 Å². The molecule has 0 aliphatic heterocycles. The third-order valence-electron chi connectivity index (χ3n) is 16.7. The summed E-state index contributed by atoms with van der Waals surface area (Å²) in [5, 5.41) is 2.79. The number of pyridine rings is 2. The van der Waals surface area contributed by atoms with Crippen LogP contribution >= 0.6 is 11.3 Å². The van der Waals surface area contributed by atoms with E-state index < -0.39 is 17.1 Å². The van der Waals surface area contributed by atoms with E-state index in [2.05, 4.69) is 118 Å². The molecule has 0 atom stereocenters. The van der Waals surface area contributed by atoms with Crippen molar-refractivity contribution in [3.63, 3.8) is 0 Å². The van der Waals surface area contributed by atoms with Crippen LogP contribution in [0.3, 0.4) is 0 Å². The SMILES string of the molecule is Cc1ccnc(Cc2c(C3CCC(c4ccccc4)CC3)[nH]c(=O)[nH]c2=O)c1.O=c1[nH]c(C2CCC(c3ccccc3)CC2)c(Cc2ccccn2)c(=O)[nH]1.O=c1[nH]c(C2CCC(c3ccccc3)CC2)c(Cc2nccs2)c(=O)[nH]1. The maximum Gasteiger partial charge on any atom is 0.325 e. The van der Waals surface area contributed by atoms with Gasteiger partial charge in [-0.3, -0.25) is 39.3 Å². The summed E-state index contributed by atoms with van der Waals surface area (Å²) < 4.78 is 0. The molecule has 6 aromatic heterocycles. The third-order valence-corrected chi connectivity index (χ3v) is 17.4. The van der Waals surface area contributed by atoms with Crippen LogP contribution in [-0.2, 0) is 19.3 Å². The van der Waals surface area contributed by atoms with Gasteiger partial charge >= 0.3 is 17.1 Å². The normalized spacial score (nSPS) is 19.8. The Morgan fingerprint density at radius 1 is 0.383 bits per heavy atom. The Hall–Kier alpha value is -8.37. The topological polar surface area (TPSA) is 236 Å². The minimum absolute atomic E-state index is 0.203. The Balaban J connectivity index is 0.000000136. The monoisotopic (exact) mass is 1100 g/mol. The number of hydrogen-bond acceptors (Lipinski definition) is 10. The van der Waals surface area contributed by atoms with Crippen molar-refractivity contribution in [2.24, 2.45) is 0 Å². The summed E-state index contributed by atoms with van der Waals surface area (Å²) in [5.74, 6) is 2.29. The molecule has 15 nitrogen and oxygen atoms in total. The Kier molecular flexibility index (Phi) is 18.5. The molecular weight excluding hydrogens is 1030 g/mol. The van der Waals surface area contributed by atoms with Crippen molar-refractivity contribution < 1.29 is 0 Å². The smallest absolute Gasteiger partial charge is 0.311 e. The quantitative estimate of drug-likeness (QED) is 0.0681. The van der Waals surface area contributed by atoms with Crippen LogP contribution in [0, 0.1) is 6.92 Å². The number of nitrogens with one attached hydrogen (secondary N) is 6. The molecular formula is C65H69N9O6S. The molecule has 6 heterocycles. The highest BCUT2D eigenvalue weighted by atomic mass is 32.1. The molecule has 0 radical (unpaired) electrons. The molecule has 0 bridgehead atoms. The summed E-state index contributed by atoms with van der Waals surface area (Å²) in [5.41, 5.74) is 9.09. The van der Waals surface area contributed by atoms with Crippen LogP contribution in [0.5, 0.6) is 0 Å². The number of aromatic nitrogens is 9. The van der Waals surface area contributed by atoms with E-state index in [-0.39, 0.29) is 34.4 Å². The highest BCUT2D eigenvalue weighted by Crippen LogP contribution is 2.43. The fourth-order valence-electron chi connectivity index (χ4n) is 12.5. The van der Waals surface area contributed by atoms with Crippen LogP contribution < -0.4 is 33.7 Å². The van der Waals surface area contributed by atoms with Gasteiger partial charge in [0.05, 0.1) is 5.01 Å². The second kappa shape index (κ2) is 26.7. The first-order valence-electron chi connectivity index (χ1n) is 28.4. The van der Waals surface area contributed by atoms with E-state index in [1.807, 2.05) is 60.8 Å². The van der Waals surface area contributed by atoms with Crippen molar-refractivity contribution in [3.8, 4) is 0 Å². The molecule has 16 heteroatoms. The number of aryl methyl sites for hydroxylation is 1. The van der Waals surface area contributed by atoms with Gasteiger partial charge in [0.2, 0.25) is 0 Å². The first-order valence-corrected chi connectivity index (χ1v) is 29.3. The molecule has 12 rings (SSSR count). The Labute approximate surface area is 472 Å². The van der Waals surface area contributed by atoms with Crippen LogP contribution in [0.4, 0.5) is 0 Å². The number of thiazole rings is 1. The first-order chi connectivity index (χ1) is 39.5. The summed E-state index contributed by atoms with van der Waals surface area (Å²) in [7, 11) is 0.